The molecule has 0 aliphatic heterocycles. The average molecular weight is 352 g/mol. The fourth-order valence-electron chi connectivity index (χ4n) is 2.16. The summed E-state index contributed by atoms with van der Waals surface area (Å²) in [6, 6.07) is 4.25. The van der Waals surface area contributed by atoms with E-state index >= 15 is 0 Å². The molecule has 0 amide bonds. The lowest BCUT2D eigenvalue weighted by molar-refractivity contribution is 0.141. The molecule has 1 N–H and O–H groups in total. The molecule has 0 bridgehead atoms. The van der Waals surface area contributed by atoms with E-state index in [-0.39, 0.29) is 29.0 Å². The summed E-state index contributed by atoms with van der Waals surface area (Å²) in [5.41, 5.74) is 0.763. The van der Waals surface area contributed by atoms with Crippen LogP contribution < -0.4 is 9.47 Å². The van der Waals surface area contributed by atoms with Gasteiger partial charge >= 0.3 is 6.16 Å². The number of aromatic nitrogens is 3. The zero-order valence-electron chi connectivity index (χ0n) is 12.4. The molecule has 0 aromatic carbocycles. The lowest BCUT2D eigenvalue weighted by Crippen LogP contribution is -2.06. The van der Waals surface area contributed by atoms with E-state index in [1.807, 2.05) is 0 Å². The van der Waals surface area contributed by atoms with E-state index in [9.17, 15) is 9.18 Å². The quantitative estimate of drug-likeness (QED) is 0.724. The highest BCUT2D eigenvalue weighted by atomic mass is 35.5. The fourth-order valence-corrected chi connectivity index (χ4v) is 2.35. The van der Waals surface area contributed by atoms with Crippen molar-refractivity contribution in [1.82, 2.24) is 14.4 Å². The Balaban J connectivity index is 1.99. The van der Waals surface area contributed by atoms with Gasteiger partial charge in [0.1, 0.15) is 23.8 Å². The highest BCUT2D eigenvalue weighted by molar-refractivity contribution is 6.30. The van der Waals surface area contributed by atoms with Gasteiger partial charge in [-0.15, -0.1) is 0 Å². The van der Waals surface area contributed by atoms with Gasteiger partial charge in [0.25, 0.3) is 0 Å². The molecule has 0 saturated heterocycles. The van der Waals surface area contributed by atoms with Crippen molar-refractivity contribution in [3.63, 3.8) is 0 Å². The Morgan fingerprint density at radius 2 is 2.29 bits per heavy atom. The molecule has 0 saturated carbocycles. The minimum atomic E-state index is -1.47. The third kappa shape index (κ3) is 3.09. The van der Waals surface area contributed by atoms with Gasteiger partial charge < -0.3 is 14.6 Å². The number of carbonyl (C=O) groups is 1. The van der Waals surface area contributed by atoms with Gasteiger partial charge in [-0.3, -0.25) is 9.38 Å². The maximum absolute atomic E-state index is 13.6. The molecule has 3 heterocycles. The summed E-state index contributed by atoms with van der Waals surface area (Å²) < 4.78 is 25.3. The molecule has 3 aromatic rings. The van der Waals surface area contributed by atoms with Crippen molar-refractivity contribution < 1.29 is 23.8 Å². The van der Waals surface area contributed by atoms with Gasteiger partial charge in [0, 0.05) is 18.5 Å². The molecule has 124 valence electrons. The predicted molar refractivity (Wildman–Crippen MR) is 82.1 cm³/mol. The molecule has 9 heteroatoms. The van der Waals surface area contributed by atoms with Crippen LogP contribution >= 0.6 is 11.6 Å². The largest absolute Gasteiger partial charge is 0.512 e. The molecule has 0 unspecified atom stereocenters. The highest BCUT2D eigenvalue weighted by Crippen LogP contribution is 2.30. The number of pyridine rings is 2. The number of fused-ring (bicyclic) bond motifs is 1. The number of imidazole rings is 1. The molecule has 7 nitrogen and oxygen atoms in total. The number of nitrogens with zero attached hydrogens (tertiary/aromatic N) is 3. The van der Waals surface area contributed by atoms with E-state index < -0.39 is 12.0 Å². The number of hydrogen-bond acceptors (Lipinski definition) is 5. The molecule has 3 rings (SSSR count). The fraction of sp³-hybridized carbons (Fsp3) is 0.133. The molecule has 0 fully saturated rings. The lowest BCUT2D eigenvalue weighted by Gasteiger charge is -2.09. The van der Waals surface area contributed by atoms with Crippen molar-refractivity contribution >= 4 is 23.4 Å². The summed E-state index contributed by atoms with van der Waals surface area (Å²) in [7, 11) is 0. The average Bonchev–Trinajstić information content (AvgIpc) is 2.82. The van der Waals surface area contributed by atoms with Gasteiger partial charge in [0.05, 0.1) is 5.02 Å². The topological polar surface area (TPSA) is 86.0 Å². The van der Waals surface area contributed by atoms with Gasteiger partial charge in [-0.25, -0.2) is 14.2 Å². The second-order valence-corrected chi connectivity index (χ2v) is 5.24. The van der Waals surface area contributed by atoms with E-state index in [0.717, 1.165) is 0 Å². The SMILES string of the molecule is Cc1nc2c(OCc3ncccc3F)cc(Cl)cn2c1OC(=O)O. The van der Waals surface area contributed by atoms with E-state index in [1.165, 1.54) is 35.0 Å². The maximum atomic E-state index is 13.6. The van der Waals surface area contributed by atoms with Gasteiger partial charge in [0.2, 0.25) is 5.88 Å². The molecule has 0 atom stereocenters. The third-order valence-electron chi connectivity index (χ3n) is 3.15. The van der Waals surface area contributed by atoms with Gasteiger partial charge in [-0.2, -0.15) is 0 Å². The van der Waals surface area contributed by atoms with E-state index in [1.54, 1.807) is 6.92 Å². The van der Waals surface area contributed by atoms with Gasteiger partial charge in [0.15, 0.2) is 11.4 Å². The van der Waals surface area contributed by atoms with Crippen molar-refractivity contribution in [3.8, 4) is 11.6 Å². The number of hydrogen-bond donors (Lipinski definition) is 1. The monoisotopic (exact) mass is 351 g/mol. The Morgan fingerprint density at radius 3 is 3.00 bits per heavy atom. The normalized spacial score (nSPS) is 10.8. The zero-order valence-corrected chi connectivity index (χ0v) is 13.1. The zero-order chi connectivity index (χ0) is 17.3. The first kappa shape index (κ1) is 16.0. The first-order valence-corrected chi connectivity index (χ1v) is 7.14. The third-order valence-corrected chi connectivity index (χ3v) is 3.36. The summed E-state index contributed by atoms with van der Waals surface area (Å²) in [6.45, 7) is 1.45. The van der Waals surface area contributed by atoms with Crippen LogP contribution in [-0.4, -0.2) is 25.6 Å². The molecular formula is C15H11ClFN3O4. The Morgan fingerprint density at radius 1 is 1.50 bits per heavy atom. The van der Waals surface area contributed by atoms with Crippen molar-refractivity contribution in [2.24, 2.45) is 0 Å². The summed E-state index contributed by atoms with van der Waals surface area (Å²) in [5.74, 6) is -0.241. The number of halogens is 2. The number of aryl methyl sites for hydroxylation is 1. The smallest absolute Gasteiger partial charge is 0.483 e. The molecule has 0 radical (unpaired) electrons. The Labute approximate surface area is 140 Å². The van der Waals surface area contributed by atoms with Crippen LogP contribution in [0.25, 0.3) is 5.65 Å². The van der Waals surface area contributed by atoms with Crippen LogP contribution in [-0.2, 0) is 6.61 Å². The minimum Gasteiger partial charge on any atom is -0.483 e. The first-order valence-electron chi connectivity index (χ1n) is 6.77. The standard InChI is InChI=1S/C15H11ClFN3O4/c1-8-14(24-15(21)22)20-6-9(16)5-12(13(20)19-8)23-7-11-10(17)3-2-4-18-11/h2-6H,7H2,1H3,(H,21,22). The van der Waals surface area contributed by atoms with Crippen LogP contribution in [0.3, 0.4) is 0 Å². The molecule has 24 heavy (non-hydrogen) atoms. The summed E-state index contributed by atoms with van der Waals surface area (Å²) in [5, 5.41) is 9.08. The second-order valence-electron chi connectivity index (χ2n) is 4.81. The first-order chi connectivity index (χ1) is 11.5. The number of rotatable bonds is 4. The van der Waals surface area contributed by atoms with E-state index in [2.05, 4.69) is 9.97 Å². The highest BCUT2D eigenvalue weighted by Gasteiger charge is 2.18. The Hall–Kier alpha value is -2.87. The van der Waals surface area contributed by atoms with Crippen molar-refractivity contribution in [2.75, 3.05) is 0 Å². The van der Waals surface area contributed by atoms with Crippen molar-refractivity contribution in [1.29, 1.82) is 0 Å². The molecule has 0 aliphatic rings. The van der Waals surface area contributed by atoms with Crippen LogP contribution in [0.1, 0.15) is 11.4 Å². The Bertz CT molecular complexity index is 928. The number of carboxylic acid groups (broad SMARTS) is 1. The van der Waals surface area contributed by atoms with Crippen LogP contribution in [0, 0.1) is 12.7 Å². The number of ether oxygens (including phenoxy) is 2. The minimum absolute atomic E-state index is 0.00821. The van der Waals surface area contributed by atoms with Gasteiger partial charge in [-0.1, -0.05) is 11.6 Å². The molecule has 0 aliphatic carbocycles. The van der Waals surface area contributed by atoms with Crippen LogP contribution in [0.15, 0.2) is 30.6 Å². The van der Waals surface area contributed by atoms with Crippen LogP contribution in [0.5, 0.6) is 11.6 Å². The van der Waals surface area contributed by atoms with Crippen molar-refractivity contribution in [2.45, 2.75) is 13.5 Å². The van der Waals surface area contributed by atoms with E-state index in [4.69, 9.17) is 26.2 Å². The van der Waals surface area contributed by atoms with Gasteiger partial charge in [-0.05, 0) is 19.1 Å². The second kappa shape index (κ2) is 6.32. The summed E-state index contributed by atoms with van der Waals surface area (Å²) in [6.07, 6.45) is 1.43. The van der Waals surface area contributed by atoms with Crippen molar-refractivity contribution in [3.05, 3.63) is 52.8 Å². The predicted octanol–water partition coefficient (Wildman–Crippen LogP) is 3.47. The maximum Gasteiger partial charge on any atom is 0.512 e. The molecular weight excluding hydrogens is 341 g/mol. The van der Waals surface area contributed by atoms with Crippen LogP contribution in [0.4, 0.5) is 9.18 Å². The van der Waals surface area contributed by atoms with Crippen LogP contribution in [0.2, 0.25) is 5.02 Å². The summed E-state index contributed by atoms with van der Waals surface area (Å²) >= 11 is 6.03. The Kier molecular flexibility index (Phi) is 4.22. The molecule has 3 aromatic heterocycles. The summed E-state index contributed by atoms with van der Waals surface area (Å²) in [4.78, 5) is 18.9. The molecule has 0 spiro atoms. The van der Waals surface area contributed by atoms with E-state index in [0.29, 0.717) is 11.3 Å². The lowest BCUT2D eigenvalue weighted by atomic mass is 10.3.